The number of nitrogens with two attached hydrogens (primary N) is 1. The summed E-state index contributed by atoms with van der Waals surface area (Å²) in [4.78, 5) is 14.6. The molecule has 1 heterocycles. The van der Waals surface area contributed by atoms with Gasteiger partial charge in [0.05, 0.1) is 10.6 Å². The highest BCUT2D eigenvalue weighted by atomic mass is 35.5. The molecule has 0 aromatic heterocycles. The van der Waals surface area contributed by atoms with Crippen LogP contribution in [0.5, 0.6) is 0 Å². The second-order valence-corrected chi connectivity index (χ2v) is 6.54. The number of carbonyl (C=O) groups is 1. The molecule has 1 saturated heterocycles. The lowest BCUT2D eigenvalue weighted by molar-refractivity contribution is 0.0783. The number of carbonyl (C=O) groups excluding carboxylic acids is 1. The van der Waals surface area contributed by atoms with Crippen molar-refractivity contribution in [2.45, 2.75) is 32.2 Å². The summed E-state index contributed by atoms with van der Waals surface area (Å²) in [6, 6.07) is 5.89. The lowest BCUT2D eigenvalue weighted by atomic mass is 9.78. The Morgan fingerprint density at radius 2 is 2.10 bits per heavy atom. The number of aryl methyl sites for hydroxylation is 1. The van der Waals surface area contributed by atoms with Crippen molar-refractivity contribution in [3.63, 3.8) is 0 Å². The van der Waals surface area contributed by atoms with Crippen LogP contribution in [0.1, 0.15) is 35.2 Å². The standard InChI is InChI=1S/C16H21ClN2O.ClH/c1-10-4-2-6-12(15(10)17)16(20)19-8-11-5-3-7-14(18)13(11)9-19;/h2,4,6,11,13-14H,3,5,7-9,18H2,1H3;1H. The molecule has 3 unspecified atom stereocenters. The minimum atomic E-state index is 0. The summed E-state index contributed by atoms with van der Waals surface area (Å²) in [6.07, 6.45) is 3.48. The Morgan fingerprint density at radius 1 is 1.33 bits per heavy atom. The molecule has 3 rings (SSSR count). The van der Waals surface area contributed by atoms with Crippen LogP contribution in [0.2, 0.25) is 5.02 Å². The van der Waals surface area contributed by atoms with Gasteiger partial charge < -0.3 is 10.6 Å². The Hall–Kier alpha value is -0.770. The molecular formula is C16H22Cl2N2O. The molecule has 1 aliphatic carbocycles. The van der Waals surface area contributed by atoms with Crippen molar-refractivity contribution in [1.29, 1.82) is 0 Å². The first-order valence-electron chi connectivity index (χ1n) is 7.38. The zero-order valence-electron chi connectivity index (χ0n) is 12.2. The first-order chi connectivity index (χ1) is 9.58. The van der Waals surface area contributed by atoms with Gasteiger partial charge >= 0.3 is 0 Å². The predicted octanol–water partition coefficient (Wildman–Crippen LogP) is 3.27. The molecule has 2 aliphatic rings. The van der Waals surface area contributed by atoms with Gasteiger partial charge in [0, 0.05) is 19.1 Å². The SMILES string of the molecule is Cc1cccc(C(=O)N2CC3CCCC(N)C3C2)c1Cl.Cl. The van der Waals surface area contributed by atoms with Crippen LogP contribution >= 0.6 is 24.0 Å². The lowest BCUT2D eigenvalue weighted by Crippen LogP contribution is -2.38. The third-order valence-electron chi connectivity index (χ3n) is 4.86. The van der Waals surface area contributed by atoms with Gasteiger partial charge in [-0.3, -0.25) is 4.79 Å². The average Bonchev–Trinajstić information content (AvgIpc) is 2.87. The third-order valence-corrected chi connectivity index (χ3v) is 5.37. The minimum absolute atomic E-state index is 0. The normalized spacial score (nSPS) is 28.0. The summed E-state index contributed by atoms with van der Waals surface area (Å²) in [5.41, 5.74) is 7.78. The second kappa shape index (κ2) is 6.55. The van der Waals surface area contributed by atoms with Gasteiger partial charge in [0.15, 0.2) is 0 Å². The molecule has 1 aliphatic heterocycles. The molecule has 1 saturated carbocycles. The van der Waals surface area contributed by atoms with E-state index in [1.807, 2.05) is 30.0 Å². The van der Waals surface area contributed by atoms with Crippen molar-refractivity contribution in [3.8, 4) is 0 Å². The fourth-order valence-electron chi connectivity index (χ4n) is 3.67. The topological polar surface area (TPSA) is 46.3 Å². The van der Waals surface area contributed by atoms with E-state index in [4.69, 9.17) is 17.3 Å². The maximum atomic E-state index is 12.7. The van der Waals surface area contributed by atoms with E-state index in [9.17, 15) is 4.79 Å². The van der Waals surface area contributed by atoms with E-state index in [0.717, 1.165) is 25.1 Å². The van der Waals surface area contributed by atoms with Crippen LogP contribution in [0, 0.1) is 18.8 Å². The molecule has 1 aromatic rings. The zero-order chi connectivity index (χ0) is 14.3. The van der Waals surface area contributed by atoms with Crippen molar-refractivity contribution in [1.82, 2.24) is 4.90 Å². The number of amides is 1. The summed E-state index contributed by atoms with van der Waals surface area (Å²) in [7, 11) is 0. The molecule has 2 fully saturated rings. The van der Waals surface area contributed by atoms with Gasteiger partial charge in [-0.25, -0.2) is 0 Å². The molecule has 116 valence electrons. The molecule has 1 amide bonds. The molecule has 5 heteroatoms. The highest BCUT2D eigenvalue weighted by Crippen LogP contribution is 2.36. The number of benzene rings is 1. The van der Waals surface area contributed by atoms with Crippen molar-refractivity contribution in [2.75, 3.05) is 13.1 Å². The molecule has 0 spiro atoms. The minimum Gasteiger partial charge on any atom is -0.338 e. The van der Waals surface area contributed by atoms with Gasteiger partial charge in [-0.1, -0.05) is 30.2 Å². The van der Waals surface area contributed by atoms with Crippen molar-refractivity contribution < 1.29 is 4.79 Å². The summed E-state index contributed by atoms with van der Waals surface area (Å²) < 4.78 is 0. The molecule has 0 radical (unpaired) electrons. The Labute approximate surface area is 137 Å². The highest BCUT2D eigenvalue weighted by molar-refractivity contribution is 6.34. The second-order valence-electron chi connectivity index (χ2n) is 6.17. The van der Waals surface area contributed by atoms with Gasteiger partial charge in [0.2, 0.25) is 0 Å². The van der Waals surface area contributed by atoms with Crippen LogP contribution in [0.4, 0.5) is 0 Å². The number of halogens is 2. The summed E-state index contributed by atoms with van der Waals surface area (Å²) >= 11 is 6.28. The zero-order valence-corrected chi connectivity index (χ0v) is 13.8. The van der Waals surface area contributed by atoms with Crippen LogP contribution < -0.4 is 5.73 Å². The molecule has 3 nitrogen and oxygen atoms in total. The smallest absolute Gasteiger partial charge is 0.255 e. The third kappa shape index (κ3) is 3.05. The van der Waals surface area contributed by atoms with Gasteiger partial charge in [-0.15, -0.1) is 12.4 Å². The molecule has 1 aromatic carbocycles. The van der Waals surface area contributed by atoms with Crippen molar-refractivity contribution >= 4 is 29.9 Å². The summed E-state index contributed by atoms with van der Waals surface area (Å²) in [6.45, 7) is 3.55. The van der Waals surface area contributed by atoms with Crippen molar-refractivity contribution in [3.05, 3.63) is 34.3 Å². The van der Waals surface area contributed by atoms with E-state index in [2.05, 4.69) is 0 Å². The Bertz CT molecular complexity index is 535. The van der Waals surface area contributed by atoms with Gasteiger partial charge in [-0.2, -0.15) is 0 Å². The number of fused-ring (bicyclic) bond motifs is 1. The van der Waals surface area contributed by atoms with E-state index in [0.29, 0.717) is 22.4 Å². The fraction of sp³-hybridized carbons (Fsp3) is 0.562. The molecule has 21 heavy (non-hydrogen) atoms. The molecule has 3 atom stereocenters. The van der Waals surface area contributed by atoms with E-state index in [1.54, 1.807) is 0 Å². The first-order valence-corrected chi connectivity index (χ1v) is 7.75. The van der Waals surface area contributed by atoms with Crippen LogP contribution in [0.15, 0.2) is 18.2 Å². The van der Waals surface area contributed by atoms with E-state index >= 15 is 0 Å². The highest BCUT2D eigenvalue weighted by Gasteiger charge is 2.40. The maximum Gasteiger partial charge on any atom is 0.255 e. The number of nitrogens with zero attached hydrogens (tertiary/aromatic N) is 1. The van der Waals surface area contributed by atoms with Crippen LogP contribution in [-0.2, 0) is 0 Å². The van der Waals surface area contributed by atoms with Gasteiger partial charge in [0.1, 0.15) is 0 Å². The maximum absolute atomic E-state index is 12.7. The Kier molecular flexibility index (Phi) is 5.18. The average molecular weight is 329 g/mol. The van der Waals surface area contributed by atoms with Gasteiger partial charge in [-0.05, 0) is 43.2 Å². The van der Waals surface area contributed by atoms with Crippen LogP contribution in [-0.4, -0.2) is 29.9 Å². The number of rotatable bonds is 1. The Balaban J connectivity index is 0.00000161. The quantitative estimate of drug-likeness (QED) is 0.859. The van der Waals surface area contributed by atoms with Crippen LogP contribution in [0.25, 0.3) is 0 Å². The van der Waals surface area contributed by atoms with E-state index < -0.39 is 0 Å². The molecule has 0 bridgehead atoms. The number of hydrogen-bond acceptors (Lipinski definition) is 2. The summed E-state index contributed by atoms with van der Waals surface area (Å²) in [5, 5.41) is 0.580. The Morgan fingerprint density at radius 3 is 2.81 bits per heavy atom. The first kappa shape index (κ1) is 16.6. The molecule has 2 N–H and O–H groups in total. The monoisotopic (exact) mass is 328 g/mol. The van der Waals surface area contributed by atoms with E-state index in [-0.39, 0.29) is 24.4 Å². The van der Waals surface area contributed by atoms with Crippen LogP contribution in [0.3, 0.4) is 0 Å². The number of hydrogen-bond donors (Lipinski definition) is 1. The fourth-order valence-corrected chi connectivity index (χ4v) is 3.87. The summed E-state index contributed by atoms with van der Waals surface area (Å²) in [5.74, 6) is 1.10. The molecular weight excluding hydrogens is 307 g/mol. The largest absolute Gasteiger partial charge is 0.338 e. The number of likely N-dealkylation sites (tertiary alicyclic amines) is 1. The van der Waals surface area contributed by atoms with Gasteiger partial charge in [0.25, 0.3) is 5.91 Å². The predicted molar refractivity (Wildman–Crippen MR) is 88.1 cm³/mol. The lowest BCUT2D eigenvalue weighted by Gasteiger charge is -2.29. The van der Waals surface area contributed by atoms with Crippen molar-refractivity contribution in [2.24, 2.45) is 17.6 Å². The van der Waals surface area contributed by atoms with E-state index in [1.165, 1.54) is 12.8 Å².